The van der Waals surface area contributed by atoms with Crippen LogP contribution in [0.15, 0.2) is 70.1 Å². The lowest BCUT2D eigenvalue weighted by Gasteiger charge is -2.26. The van der Waals surface area contributed by atoms with E-state index < -0.39 is 59.4 Å². The predicted molar refractivity (Wildman–Crippen MR) is 187 cm³/mol. The maximum atomic E-state index is 15.6. The number of amides is 4. The molecule has 0 aliphatic carbocycles. The van der Waals surface area contributed by atoms with E-state index in [4.69, 9.17) is 28.0 Å². The van der Waals surface area contributed by atoms with Gasteiger partial charge in [-0.05, 0) is 77.9 Å². The Bertz CT molecular complexity index is 1870. The Morgan fingerprint density at radius 3 is 1.41 bits per heavy atom. The summed E-state index contributed by atoms with van der Waals surface area (Å²) in [6, 6.07) is 10.6. The molecule has 0 radical (unpaired) electrons. The first-order valence-electron chi connectivity index (χ1n) is 16.8. The Morgan fingerprint density at radius 1 is 0.704 bits per heavy atom. The molecule has 286 valence electrons. The average molecular weight is 753 g/mol. The lowest BCUT2D eigenvalue weighted by molar-refractivity contribution is 0.0547. The highest BCUT2D eigenvalue weighted by Crippen LogP contribution is 2.34. The Balaban J connectivity index is 1.13. The van der Waals surface area contributed by atoms with Crippen molar-refractivity contribution in [3.05, 3.63) is 72.7 Å². The molecule has 2 aromatic heterocycles. The van der Waals surface area contributed by atoms with Crippen LogP contribution >= 0.6 is 0 Å². The van der Waals surface area contributed by atoms with Gasteiger partial charge in [0.05, 0.1) is 37.6 Å². The van der Waals surface area contributed by atoms with Crippen LogP contribution in [0.1, 0.15) is 41.5 Å². The van der Waals surface area contributed by atoms with Crippen molar-refractivity contribution in [1.29, 1.82) is 0 Å². The van der Waals surface area contributed by atoms with Gasteiger partial charge in [0.2, 0.25) is 0 Å². The van der Waals surface area contributed by atoms with Gasteiger partial charge in [-0.15, -0.1) is 0 Å². The van der Waals surface area contributed by atoms with E-state index in [1.54, 1.807) is 41.5 Å². The number of benzene rings is 2. The smallest absolute Gasteiger partial charge is 0.416 e. The highest BCUT2D eigenvalue weighted by Gasteiger charge is 2.39. The molecule has 0 unspecified atom stereocenters. The second kappa shape index (κ2) is 14.7. The standard InChI is InChI=1S/C36H38F2N6O10/c1-35(2,3)53-33(47)43(29-11-13-49-39-29)19-23-17-41(31(45)51-23)21-7-9-25(27(37)15-21)26-10-8-22(16-28(26)38)42-18-24(52-32(42)46)20-44(30-12-14-50-40-30)34(48)54-36(4,5)6/h7-16,23-24H,17-20H2,1-6H3/t23-,24-/m1/s1. The Kier molecular flexibility index (Phi) is 10.2. The van der Waals surface area contributed by atoms with Crippen LogP contribution in [0.5, 0.6) is 0 Å². The summed E-state index contributed by atoms with van der Waals surface area (Å²) < 4.78 is 62.9. The molecule has 0 spiro atoms. The summed E-state index contributed by atoms with van der Waals surface area (Å²) >= 11 is 0. The largest absolute Gasteiger partial charge is 0.443 e. The molecule has 4 aromatic rings. The van der Waals surface area contributed by atoms with Gasteiger partial charge >= 0.3 is 24.4 Å². The van der Waals surface area contributed by atoms with Crippen molar-refractivity contribution in [2.24, 2.45) is 0 Å². The molecule has 2 aromatic carbocycles. The van der Waals surface area contributed by atoms with Gasteiger partial charge < -0.3 is 28.0 Å². The molecule has 6 rings (SSSR count). The van der Waals surface area contributed by atoms with Crippen LogP contribution in [0.25, 0.3) is 11.1 Å². The minimum atomic E-state index is -0.839. The van der Waals surface area contributed by atoms with Gasteiger partial charge in [0.1, 0.15) is 47.6 Å². The van der Waals surface area contributed by atoms with E-state index in [0.717, 1.165) is 12.1 Å². The van der Waals surface area contributed by atoms with Gasteiger partial charge in [-0.25, -0.2) is 28.0 Å². The molecule has 0 bridgehead atoms. The number of hydrogen-bond donors (Lipinski definition) is 0. The topological polar surface area (TPSA) is 170 Å². The lowest BCUT2D eigenvalue weighted by atomic mass is 10.0. The van der Waals surface area contributed by atoms with E-state index in [0.29, 0.717) is 0 Å². The lowest BCUT2D eigenvalue weighted by Crippen LogP contribution is -2.42. The first-order valence-corrected chi connectivity index (χ1v) is 16.8. The highest BCUT2D eigenvalue weighted by atomic mass is 19.1. The van der Waals surface area contributed by atoms with Crippen LogP contribution in [0.3, 0.4) is 0 Å². The van der Waals surface area contributed by atoms with Gasteiger partial charge in [0.15, 0.2) is 11.6 Å². The number of ether oxygens (including phenoxy) is 4. The fourth-order valence-corrected chi connectivity index (χ4v) is 5.69. The summed E-state index contributed by atoms with van der Waals surface area (Å²) in [6.45, 7) is 9.87. The van der Waals surface area contributed by atoms with Gasteiger partial charge in [-0.1, -0.05) is 10.3 Å². The first kappa shape index (κ1) is 37.6. The fourth-order valence-electron chi connectivity index (χ4n) is 5.69. The zero-order chi connectivity index (χ0) is 38.9. The normalized spacial score (nSPS) is 17.3. The summed E-state index contributed by atoms with van der Waals surface area (Å²) in [7, 11) is 0. The Hall–Kier alpha value is -6.20. The Morgan fingerprint density at radius 2 is 1.09 bits per heavy atom. The maximum absolute atomic E-state index is 15.6. The van der Waals surface area contributed by atoms with Crippen LogP contribution in [-0.4, -0.2) is 84.3 Å². The van der Waals surface area contributed by atoms with E-state index in [9.17, 15) is 19.2 Å². The van der Waals surface area contributed by atoms with E-state index in [-0.39, 0.29) is 60.3 Å². The maximum Gasteiger partial charge on any atom is 0.416 e. The van der Waals surface area contributed by atoms with E-state index in [2.05, 4.69) is 10.3 Å². The highest BCUT2D eigenvalue weighted by molar-refractivity contribution is 5.92. The van der Waals surface area contributed by atoms with Crippen molar-refractivity contribution < 1.29 is 56.0 Å². The van der Waals surface area contributed by atoms with E-state index in [1.165, 1.54) is 68.5 Å². The van der Waals surface area contributed by atoms with Crippen LogP contribution in [-0.2, 0) is 18.9 Å². The van der Waals surface area contributed by atoms with Crippen molar-refractivity contribution in [3.8, 4) is 11.1 Å². The molecule has 2 aliphatic heterocycles. The average Bonchev–Trinajstić information content (AvgIpc) is 3.90. The zero-order valence-electron chi connectivity index (χ0n) is 30.3. The SMILES string of the molecule is CC(C)(C)OC(=O)N(C[C@H]1CN(c2ccc(-c3ccc(N4C[C@H](CN(C(=O)OC(C)(C)C)c5ccon5)OC4=O)cc3F)c(F)c2)C(=O)O1)c1ccon1. The molecule has 4 heterocycles. The van der Waals surface area contributed by atoms with Crippen LogP contribution in [0.4, 0.5) is 51.0 Å². The predicted octanol–water partition coefficient (Wildman–Crippen LogP) is 7.14. The van der Waals surface area contributed by atoms with Crippen molar-refractivity contribution in [1.82, 2.24) is 10.3 Å². The number of carbonyl (C=O) groups excluding carboxylic acids is 4. The number of halogens is 2. The fraction of sp³-hybridized carbons (Fsp3) is 0.389. The third-order valence-corrected chi connectivity index (χ3v) is 7.97. The summed E-state index contributed by atoms with van der Waals surface area (Å²) in [6.07, 6.45) is -2.14. The molecule has 4 amide bonds. The van der Waals surface area contributed by atoms with Crippen molar-refractivity contribution in [3.63, 3.8) is 0 Å². The van der Waals surface area contributed by atoms with Crippen molar-refractivity contribution >= 4 is 47.4 Å². The van der Waals surface area contributed by atoms with Crippen molar-refractivity contribution in [2.75, 3.05) is 45.8 Å². The molecule has 0 N–H and O–H groups in total. The Labute approximate surface area is 308 Å². The summed E-state index contributed by atoms with van der Waals surface area (Å²) in [5.74, 6) is -1.36. The van der Waals surface area contributed by atoms with E-state index >= 15 is 8.78 Å². The summed E-state index contributed by atoms with van der Waals surface area (Å²) in [5.41, 5.74) is -1.54. The zero-order valence-corrected chi connectivity index (χ0v) is 30.3. The molecule has 18 heteroatoms. The molecular formula is C36H38F2N6O10. The second-order valence-electron chi connectivity index (χ2n) is 14.5. The van der Waals surface area contributed by atoms with E-state index in [1.807, 2.05) is 0 Å². The molecule has 2 aliphatic rings. The van der Waals surface area contributed by atoms with Crippen LogP contribution in [0, 0.1) is 11.6 Å². The number of aromatic nitrogens is 2. The molecule has 2 saturated heterocycles. The van der Waals surface area contributed by atoms with Crippen molar-refractivity contribution in [2.45, 2.75) is 65.0 Å². The molecule has 2 atom stereocenters. The molecule has 0 saturated carbocycles. The van der Waals surface area contributed by atoms with Gasteiger partial charge in [-0.3, -0.25) is 19.6 Å². The molecule has 16 nitrogen and oxygen atoms in total. The third kappa shape index (κ3) is 8.53. The quantitative estimate of drug-likeness (QED) is 0.159. The number of anilines is 4. The second-order valence-corrected chi connectivity index (χ2v) is 14.5. The number of carbonyl (C=O) groups is 4. The third-order valence-electron chi connectivity index (χ3n) is 7.97. The van der Waals surface area contributed by atoms with Crippen LogP contribution < -0.4 is 19.6 Å². The summed E-state index contributed by atoms with van der Waals surface area (Å²) in [5, 5.41) is 7.60. The number of nitrogens with zero attached hydrogens (tertiary/aromatic N) is 6. The summed E-state index contributed by atoms with van der Waals surface area (Å²) in [4.78, 5) is 56.3. The van der Waals surface area contributed by atoms with Gasteiger partial charge in [0.25, 0.3) is 0 Å². The number of rotatable bonds is 9. The minimum absolute atomic E-state index is 0.0428. The van der Waals surface area contributed by atoms with Crippen LogP contribution in [0.2, 0.25) is 0 Å². The van der Waals surface area contributed by atoms with Gasteiger partial charge in [-0.2, -0.15) is 0 Å². The first-order chi connectivity index (χ1) is 25.5. The monoisotopic (exact) mass is 752 g/mol. The molecule has 2 fully saturated rings. The molecule has 54 heavy (non-hydrogen) atoms. The van der Waals surface area contributed by atoms with Gasteiger partial charge in [0, 0.05) is 23.3 Å². The number of cyclic esters (lactones) is 2. The number of hydrogen-bond acceptors (Lipinski definition) is 12. The minimum Gasteiger partial charge on any atom is -0.443 e. The molecular weight excluding hydrogens is 714 g/mol.